The molecular weight excluding hydrogens is 266 g/mol. The SMILES string of the molecule is CC/C=C\SC(=C(C)C)c1ccc(CNC=C=O)cc1. The molecule has 1 aromatic rings. The van der Waals surface area contributed by atoms with E-state index in [-0.39, 0.29) is 0 Å². The Morgan fingerprint density at radius 2 is 2.00 bits per heavy atom. The predicted octanol–water partition coefficient (Wildman–Crippen LogP) is 4.53. The van der Waals surface area contributed by atoms with Crippen molar-refractivity contribution in [2.75, 3.05) is 0 Å². The van der Waals surface area contributed by atoms with Crippen molar-refractivity contribution >= 4 is 22.6 Å². The monoisotopic (exact) mass is 287 g/mol. The van der Waals surface area contributed by atoms with Gasteiger partial charge in [-0.15, -0.1) is 0 Å². The van der Waals surface area contributed by atoms with Crippen LogP contribution in [-0.4, -0.2) is 5.94 Å². The highest BCUT2D eigenvalue weighted by Crippen LogP contribution is 2.31. The summed E-state index contributed by atoms with van der Waals surface area (Å²) in [5, 5.41) is 5.03. The van der Waals surface area contributed by atoms with Crippen molar-refractivity contribution in [3.63, 3.8) is 0 Å². The van der Waals surface area contributed by atoms with Crippen molar-refractivity contribution in [2.24, 2.45) is 0 Å². The van der Waals surface area contributed by atoms with E-state index in [0.717, 1.165) is 12.0 Å². The maximum absolute atomic E-state index is 10.1. The van der Waals surface area contributed by atoms with Crippen LogP contribution in [0.4, 0.5) is 0 Å². The Kier molecular flexibility index (Phi) is 7.56. The van der Waals surface area contributed by atoms with Crippen molar-refractivity contribution in [1.82, 2.24) is 5.32 Å². The zero-order valence-electron chi connectivity index (χ0n) is 12.3. The minimum Gasteiger partial charge on any atom is -0.378 e. The van der Waals surface area contributed by atoms with Gasteiger partial charge in [-0.1, -0.05) is 54.6 Å². The molecule has 0 atom stereocenters. The first kappa shape index (κ1) is 16.4. The van der Waals surface area contributed by atoms with Gasteiger partial charge in [0.1, 0.15) is 5.94 Å². The standard InChI is InChI=1S/C17H21NOS/c1-4-5-12-20-17(14(2)3)16-8-6-15(7-9-16)13-18-10-11-19/h5-10,12,18H,4,13H2,1-3H3/b12-5-. The number of benzene rings is 1. The quantitative estimate of drug-likeness (QED) is 0.747. The van der Waals surface area contributed by atoms with Crippen LogP contribution in [0.2, 0.25) is 0 Å². The van der Waals surface area contributed by atoms with Crippen LogP contribution in [0.15, 0.2) is 47.5 Å². The average Bonchev–Trinajstić information content (AvgIpc) is 2.45. The lowest BCUT2D eigenvalue weighted by Crippen LogP contribution is -2.04. The van der Waals surface area contributed by atoms with Gasteiger partial charge in [-0.2, -0.15) is 0 Å². The molecular formula is C17H21NOS. The summed E-state index contributed by atoms with van der Waals surface area (Å²) >= 11 is 1.76. The van der Waals surface area contributed by atoms with E-state index >= 15 is 0 Å². The van der Waals surface area contributed by atoms with Crippen LogP contribution < -0.4 is 5.32 Å². The van der Waals surface area contributed by atoms with Crippen LogP contribution in [0, 0.1) is 0 Å². The lowest BCUT2D eigenvalue weighted by molar-refractivity contribution is 0.567. The van der Waals surface area contributed by atoms with E-state index in [0.29, 0.717) is 6.54 Å². The summed E-state index contributed by atoms with van der Waals surface area (Å²) in [6.07, 6.45) is 4.51. The minimum atomic E-state index is 0.641. The van der Waals surface area contributed by atoms with Gasteiger partial charge in [0.2, 0.25) is 0 Å². The summed E-state index contributed by atoms with van der Waals surface area (Å²) < 4.78 is 0. The van der Waals surface area contributed by atoms with Gasteiger partial charge in [0.05, 0.1) is 6.20 Å². The molecule has 2 nitrogen and oxygen atoms in total. The number of carbonyl (C=O) groups excluding carboxylic acids is 1. The molecule has 0 saturated carbocycles. The van der Waals surface area contributed by atoms with Gasteiger partial charge in [-0.3, -0.25) is 0 Å². The molecule has 0 aliphatic carbocycles. The van der Waals surface area contributed by atoms with Gasteiger partial charge in [-0.05, 0) is 36.8 Å². The van der Waals surface area contributed by atoms with Crippen molar-refractivity contribution in [2.45, 2.75) is 33.7 Å². The smallest absolute Gasteiger partial charge is 0.141 e. The Hall–Kier alpha value is -1.70. The van der Waals surface area contributed by atoms with Gasteiger partial charge < -0.3 is 5.32 Å². The molecule has 0 bridgehead atoms. The van der Waals surface area contributed by atoms with Crippen LogP contribution in [0.25, 0.3) is 4.91 Å². The maximum atomic E-state index is 10.1. The van der Waals surface area contributed by atoms with E-state index in [9.17, 15) is 4.79 Å². The Morgan fingerprint density at radius 3 is 2.55 bits per heavy atom. The molecule has 0 unspecified atom stereocenters. The zero-order valence-corrected chi connectivity index (χ0v) is 13.1. The second-order valence-corrected chi connectivity index (χ2v) is 5.48. The van der Waals surface area contributed by atoms with Crippen molar-refractivity contribution < 1.29 is 4.79 Å². The normalized spacial score (nSPS) is 10.2. The molecule has 0 amide bonds. The van der Waals surface area contributed by atoms with Crippen molar-refractivity contribution in [3.8, 4) is 0 Å². The summed E-state index contributed by atoms with van der Waals surface area (Å²) in [4.78, 5) is 11.4. The summed E-state index contributed by atoms with van der Waals surface area (Å²) in [6, 6.07) is 8.40. The molecule has 0 aliphatic heterocycles. The molecule has 0 spiro atoms. The van der Waals surface area contributed by atoms with E-state index < -0.39 is 0 Å². The summed E-state index contributed by atoms with van der Waals surface area (Å²) in [5.74, 6) is 1.71. The molecule has 0 heterocycles. The lowest BCUT2D eigenvalue weighted by atomic mass is 10.1. The third-order valence-electron chi connectivity index (χ3n) is 2.66. The van der Waals surface area contributed by atoms with E-state index in [2.05, 4.69) is 61.8 Å². The van der Waals surface area contributed by atoms with E-state index in [1.165, 1.54) is 22.2 Å². The molecule has 0 aliphatic rings. The number of hydrogen-bond donors (Lipinski definition) is 1. The van der Waals surface area contributed by atoms with Crippen LogP contribution in [0.3, 0.4) is 0 Å². The van der Waals surface area contributed by atoms with Gasteiger partial charge in [-0.25, -0.2) is 4.79 Å². The number of nitrogens with one attached hydrogen (secondary N) is 1. The lowest BCUT2D eigenvalue weighted by Gasteiger charge is -2.09. The third-order valence-corrected chi connectivity index (χ3v) is 3.86. The average molecular weight is 287 g/mol. The fourth-order valence-electron chi connectivity index (χ4n) is 1.67. The Balaban J connectivity index is 2.81. The molecule has 0 saturated heterocycles. The number of thioether (sulfide) groups is 1. The molecule has 1 N–H and O–H groups in total. The van der Waals surface area contributed by atoms with Crippen LogP contribution in [-0.2, 0) is 11.3 Å². The molecule has 1 aromatic carbocycles. The molecule has 20 heavy (non-hydrogen) atoms. The van der Waals surface area contributed by atoms with Crippen molar-refractivity contribution in [3.05, 3.63) is 58.6 Å². The Bertz CT molecular complexity index is 518. The Labute approximate surface area is 125 Å². The third kappa shape index (κ3) is 5.52. The van der Waals surface area contributed by atoms with Crippen LogP contribution in [0.5, 0.6) is 0 Å². The topological polar surface area (TPSA) is 29.1 Å². The fourth-order valence-corrected chi connectivity index (χ4v) is 2.60. The van der Waals surface area contributed by atoms with E-state index in [4.69, 9.17) is 0 Å². The molecule has 3 heteroatoms. The molecule has 0 aromatic heterocycles. The van der Waals surface area contributed by atoms with Crippen LogP contribution >= 0.6 is 11.8 Å². The van der Waals surface area contributed by atoms with Crippen molar-refractivity contribution in [1.29, 1.82) is 0 Å². The fraction of sp³-hybridized carbons (Fsp3) is 0.294. The minimum absolute atomic E-state index is 0.641. The van der Waals surface area contributed by atoms with Gasteiger partial charge in [0.15, 0.2) is 0 Å². The molecule has 1 rings (SSSR count). The number of hydrogen-bond acceptors (Lipinski definition) is 3. The zero-order chi connectivity index (χ0) is 14.8. The molecule has 106 valence electrons. The van der Waals surface area contributed by atoms with Gasteiger partial charge in [0.25, 0.3) is 0 Å². The molecule has 0 fully saturated rings. The first-order valence-electron chi connectivity index (χ1n) is 6.70. The second kappa shape index (κ2) is 9.24. The summed E-state index contributed by atoms with van der Waals surface area (Å²) in [6.45, 7) is 7.04. The van der Waals surface area contributed by atoms with Crippen LogP contribution in [0.1, 0.15) is 38.3 Å². The predicted molar refractivity (Wildman–Crippen MR) is 88.8 cm³/mol. The summed E-state index contributed by atoms with van der Waals surface area (Å²) in [7, 11) is 0. The van der Waals surface area contributed by atoms with Gasteiger partial charge in [0, 0.05) is 11.4 Å². The number of rotatable bonds is 7. The molecule has 0 radical (unpaired) electrons. The highest BCUT2D eigenvalue weighted by molar-refractivity contribution is 8.10. The van der Waals surface area contributed by atoms with E-state index in [1.807, 2.05) is 0 Å². The largest absolute Gasteiger partial charge is 0.378 e. The first-order chi connectivity index (χ1) is 9.69. The maximum Gasteiger partial charge on any atom is 0.141 e. The highest BCUT2D eigenvalue weighted by Gasteiger charge is 2.03. The van der Waals surface area contributed by atoms with E-state index in [1.54, 1.807) is 17.7 Å². The Morgan fingerprint density at radius 1 is 1.30 bits per heavy atom. The second-order valence-electron chi connectivity index (χ2n) is 4.57. The summed E-state index contributed by atoms with van der Waals surface area (Å²) in [5.41, 5.74) is 3.68. The highest BCUT2D eigenvalue weighted by atomic mass is 32.2. The number of allylic oxidation sites excluding steroid dienone is 2. The van der Waals surface area contributed by atoms with Gasteiger partial charge >= 0.3 is 0 Å². The first-order valence-corrected chi connectivity index (χ1v) is 7.58.